The van der Waals surface area contributed by atoms with Crippen molar-refractivity contribution in [1.29, 1.82) is 0 Å². The van der Waals surface area contributed by atoms with Crippen molar-refractivity contribution in [2.24, 2.45) is 5.84 Å². The predicted octanol–water partition coefficient (Wildman–Crippen LogP) is 3.50. The third-order valence-electron chi connectivity index (χ3n) is 3.56. The lowest BCUT2D eigenvalue weighted by Crippen LogP contribution is -2.29. The first-order chi connectivity index (χ1) is 9.67. The van der Waals surface area contributed by atoms with Crippen molar-refractivity contribution in [1.82, 2.24) is 5.43 Å². The van der Waals surface area contributed by atoms with E-state index in [1.54, 1.807) is 11.3 Å². The van der Waals surface area contributed by atoms with E-state index in [4.69, 9.17) is 10.6 Å². The van der Waals surface area contributed by atoms with E-state index in [0.29, 0.717) is 0 Å². The molecular formula is C15H17BrN2OS. The number of halogens is 1. The van der Waals surface area contributed by atoms with Crippen LogP contribution in [-0.4, -0.2) is 6.61 Å². The van der Waals surface area contributed by atoms with Gasteiger partial charge in [-0.25, -0.2) is 0 Å². The monoisotopic (exact) mass is 352 g/mol. The Kier molecular flexibility index (Phi) is 4.12. The zero-order valence-corrected chi connectivity index (χ0v) is 13.7. The van der Waals surface area contributed by atoms with E-state index in [2.05, 4.69) is 52.5 Å². The van der Waals surface area contributed by atoms with Crippen LogP contribution in [0.1, 0.15) is 26.9 Å². The van der Waals surface area contributed by atoms with E-state index in [1.807, 2.05) is 0 Å². The van der Waals surface area contributed by atoms with Gasteiger partial charge in [0.1, 0.15) is 5.75 Å². The molecule has 1 aliphatic heterocycles. The number of rotatable bonds is 4. The normalized spacial score (nSPS) is 14.9. The van der Waals surface area contributed by atoms with E-state index >= 15 is 0 Å². The number of thiophene rings is 1. The van der Waals surface area contributed by atoms with Crippen LogP contribution >= 0.6 is 27.3 Å². The Bertz CT molecular complexity index is 626. The van der Waals surface area contributed by atoms with Crippen molar-refractivity contribution in [2.75, 3.05) is 6.61 Å². The van der Waals surface area contributed by atoms with Crippen molar-refractivity contribution < 1.29 is 4.74 Å². The van der Waals surface area contributed by atoms with Gasteiger partial charge in [-0.05, 0) is 48.7 Å². The third-order valence-corrected chi connectivity index (χ3v) is 5.13. The maximum absolute atomic E-state index is 5.79. The molecule has 3 N–H and O–H groups in total. The lowest BCUT2D eigenvalue weighted by atomic mass is 10.0. The summed E-state index contributed by atoms with van der Waals surface area (Å²) in [5.41, 5.74) is 5.42. The fourth-order valence-electron chi connectivity index (χ4n) is 2.60. The van der Waals surface area contributed by atoms with E-state index < -0.39 is 0 Å². The Morgan fingerprint density at radius 3 is 3.00 bits per heavy atom. The minimum atomic E-state index is 0.122. The van der Waals surface area contributed by atoms with Gasteiger partial charge in [-0.3, -0.25) is 11.3 Å². The van der Waals surface area contributed by atoms with Crippen LogP contribution in [-0.2, 0) is 12.8 Å². The molecule has 0 spiro atoms. The highest BCUT2D eigenvalue weighted by molar-refractivity contribution is 9.10. The second-order valence-electron chi connectivity index (χ2n) is 5.02. The fraction of sp³-hybridized carbons (Fsp3) is 0.333. The summed E-state index contributed by atoms with van der Waals surface area (Å²) < 4.78 is 6.89. The number of hydrogen-bond acceptors (Lipinski definition) is 4. The van der Waals surface area contributed by atoms with Crippen LogP contribution in [0.2, 0.25) is 0 Å². The molecule has 106 valence electrons. The average Bonchev–Trinajstić information content (AvgIpc) is 3.04. The number of hydrogen-bond donors (Lipinski definition) is 2. The van der Waals surface area contributed by atoms with Crippen molar-refractivity contribution in [3.63, 3.8) is 0 Å². The smallest absolute Gasteiger partial charge is 0.125 e. The number of nitrogens with two attached hydrogens (primary N) is 1. The van der Waals surface area contributed by atoms with Crippen LogP contribution in [0, 0.1) is 6.92 Å². The lowest BCUT2D eigenvalue weighted by molar-refractivity contribution is 0.351. The highest BCUT2D eigenvalue weighted by Gasteiger charge is 2.21. The van der Waals surface area contributed by atoms with Crippen LogP contribution in [0.25, 0.3) is 0 Å². The summed E-state index contributed by atoms with van der Waals surface area (Å²) in [5.74, 6) is 6.79. The molecule has 0 saturated carbocycles. The molecule has 1 aromatic heterocycles. The molecule has 0 fully saturated rings. The molecule has 0 amide bonds. The second-order valence-corrected chi connectivity index (χ2v) is 7.26. The molecule has 0 saturated heterocycles. The SMILES string of the molecule is Cc1ccc(C(Cc2cc(Br)cc3c2OCC3)NN)s1. The van der Waals surface area contributed by atoms with Gasteiger partial charge in [0, 0.05) is 20.6 Å². The molecule has 2 heterocycles. The summed E-state index contributed by atoms with van der Waals surface area (Å²) in [4.78, 5) is 2.56. The summed E-state index contributed by atoms with van der Waals surface area (Å²) in [6.45, 7) is 2.89. The van der Waals surface area contributed by atoms with Crippen LogP contribution < -0.4 is 16.0 Å². The predicted molar refractivity (Wildman–Crippen MR) is 86.2 cm³/mol. The average molecular weight is 353 g/mol. The minimum Gasteiger partial charge on any atom is -0.493 e. The van der Waals surface area contributed by atoms with Crippen molar-refractivity contribution >= 4 is 27.3 Å². The first-order valence-corrected chi connectivity index (χ1v) is 8.25. The van der Waals surface area contributed by atoms with E-state index in [1.165, 1.54) is 20.9 Å². The standard InChI is InChI=1S/C15H17BrN2OS/c1-9-2-3-14(20-9)13(18-17)8-11-7-12(16)6-10-4-5-19-15(10)11/h2-3,6-7,13,18H,4-5,8,17H2,1H3. The van der Waals surface area contributed by atoms with Gasteiger partial charge in [-0.1, -0.05) is 15.9 Å². The minimum absolute atomic E-state index is 0.122. The van der Waals surface area contributed by atoms with Gasteiger partial charge in [0.2, 0.25) is 0 Å². The molecule has 0 radical (unpaired) electrons. The largest absolute Gasteiger partial charge is 0.493 e. The Morgan fingerprint density at radius 2 is 2.30 bits per heavy atom. The highest BCUT2D eigenvalue weighted by atomic mass is 79.9. The zero-order valence-electron chi connectivity index (χ0n) is 11.3. The van der Waals surface area contributed by atoms with Crippen LogP contribution in [0.3, 0.4) is 0 Å². The molecule has 3 rings (SSSR count). The lowest BCUT2D eigenvalue weighted by Gasteiger charge is -2.16. The molecule has 0 bridgehead atoms. The van der Waals surface area contributed by atoms with Crippen molar-refractivity contribution in [3.05, 3.63) is 49.6 Å². The molecule has 1 atom stereocenters. The summed E-state index contributed by atoms with van der Waals surface area (Å²) in [6.07, 6.45) is 1.82. The molecule has 1 aliphatic rings. The first kappa shape index (κ1) is 14.1. The second kappa shape index (κ2) is 5.85. The maximum Gasteiger partial charge on any atom is 0.125 e. The summed E-state index contributed by atoms with van der Waals surface area (Å²) in [5, 5.41) is 0. The number of benzene rings is 1. The van der Waals surface area contributed by atoms with Gasteiger partial charge >= 0.3 is 0 Å². The molecule has 1 aromatic carbocycles. The van der Waals surface area contributed by atoms with Gasteiger partial charge in [-0.2, -0.15) is 0 Å². The summed E-state index contributed by atoms with van der Waals surface area (Å²) >= 11 is 5.37. The van der Waals surface area contributed by atoms with Crippen molar-refractivity contribution in [3.8, 4) is 5.75 Å². The summed E-state index contributed by atoms with van der Waals surface area (Å²) in [6, 6.07) is 8.67. The van der Waals surface area contributed by atoms with Crippen LogP contribution in [0.15, 0.2) is 28.7 Å². The Hall–Kier alpha value is -0.880. The van der Waals surface area contributed by atoms with Crippen molar-refractivity contribution in [2.45, 2.75) is 25.8 Å². The van der Waals surface area contributed by atoms with Gasteiger partial charge in [0.25, 0.3) is 0 Å². The number of aryl methyl sites for hydroxylation is 1. The number of hydrazine groups is 1. The van der Waals surface area contributed by atoms with Crippen LogP contribution in [0.5, 0.6) is 5.75 Å². The van der Waals surface area contributed by atoms with Crippen LogP contribution in [0.4, 0.5) is 0 Å². The zero-order chi connectivity index (χ0) is 14.1. The highest BCUT2D eigenvalue weighted by Crippen LogP contribution is 2.36. The van der Waals surface area contributed by atoms with Gasteiger partial charge < -0.3 is 4.74 Å². The summed E-state index contributed by atoms with van der Waals surface area (Å²) in [7, 11) is 0. The topological polar surface area (TPSA) is 47.3 Å². The van der Waals surface area contributed by atoms with E-state index in [9.17, 15) is 0 Å². The number of fused-ring (bicyclic) bond motifs is 1. The Balaban J connectivity index is 1.90. The maximum atomic E-state index is 5.79. The molecule has 2 aromatic rings. The van der Waals surface area contributed by atoms with E-state index in [-0.39, 0.29) is 6.04 Å². The Labute approximate surface area is 131 Å². The molecule has 0 aliphatic carbocycles. The van der Waals surface area contributed by atoms with E-state index in [0.717, 1.165) is 29.7 Å². The molecule has 20 heavy (non-hydrogen) atoms. The fourth-order valence-corrected chi connectivity index (χ4v) is 4.09. The number of ether oxygens (including phenoxy) is 1. The number of nitrogens with one attached hydrogen (secondary N) is 1. The Morgan fingerprint density at radius 1 is 1.45 bits per heavy atom. The third kappa shape index (κ3) is 2.76. The molecule has 3 nitrogen and oxygen atoms in total. The van der Waals surface area contributed by atoms with Gasteiger partial charge in [-0.15, -0.1) is 11.3 Å². The first-order valence-electron chi connectivity index (χ1n) is 6.64. The quantitative estimate of drug-likeness (QED) is 0.653. The molecule has 5 heteroatoms. The van der Waals surface area contributed by atoms with Gasteiger partial charge in [0.15, 0.2) is 0 Å². The van der Waals surface area contributed by atoms with Gasteiger partial charge in [0.05, 0.1) is 12.6 Å². The molecular weight excluding hydrogens is 336 g/mol. The molecule has 1 unspecified atom stereocenters.